The molecule has 5 atom stereocenters. The Morgan fingerprint density at radius 1 is 0.903 bits per heavy atom. The molecule has 2 aromatic carbocycles. The molecule has 62 heavy (non-hydrogen) atoms. The van der Waals surface area contributed by atoms with Crippen molar-refractivity contribution >= 4 is 52.4 Å². The summed E-state index contributed by atoms with van der Waals surface area (Å²) in [5.74, 6) is -3.32. The average molecular weight is 857 g/mol. The number of benzene rings is 2. The number of para-hydroxylation sites is 1. The number of hydrogen-bond donors (Lipinski definition) is 5. The molecule has 2 saturated heterocycles. The molecule has 0 radical (unpaired) electrons. The highest BCUT2D eigenvalue weighted by Crippen LogP contribution is 2.25. The molecular weight excluding hydrogens is 793 g/mol. The van der Waals surface area contributed by atoms with E-state index in [9.17, 15) is 33.6 Å². The number of amides is 7. The molecule has 6 N–H and O–H groups in total. The smallest absolute Gasteiger partial charge is 0.410 e. The third-order valence-electron chi connectivity index (χ3n) is 11.2. The second-order valence-electron chi connectivity index (χ2n) is 17.7. The molecule has 2 fully saturated rings. The Morgan fingerprint density at radius 3 is 2.27 bits per heavy atom. The minimum absolute atomic E-state index is 0.0480. The van der Waals surface area contributed by atoms with Crippen LogP contribution >= 0.6 is 0 Å². The molecule has 0 aliphatic carbocycles. The van der Waals surface area contributed by atoms with Crippen LogP contribution in [0.3, 0.4) is 0 Å². The molecule has 2 aliphatic heterocycles. The van der Waals surface area contributed by atoms with Gasteiger partial charge in [0, 0.05) is 49.5 Å². The Hall–Kier alpha value is -5.93. The highest BCUT2D eigenvalue weighted by molar-refractivity contribution is 5.97. The maximum atomic E-state index is 14.5. The van der Waals surface area contributed by atoms with Gasteiger partial charge in [-0.1, -0.05) is 82.1 Å². The highest BCUT2D eigenvalue weighted by Gasteiger charge is 2.43. The van der Waals surface area contributed by atoms with Crippen LogP contribution in [0.1, 0.15) is 104 Å². The van der Waals surface area contributed by atoms with E-state index in [1.807, 2.05) is 63.2 Å². The van der Waals surface area contributed by atoms with Crippen LogP contribution in [-0.4, -0.2) is 110 Å². The number of nitrogens with two attached hydrogens (primary N) is 1. The van der Waals surface area contributed by atoms with Gasteiger partial charge in [0.15, 0.2) is 0 Å². The van der Waals surface area contributed by atoms with Crippen LogP contribution in [0.4, 0.5) is 4.79 Å². The fourth-order valence-corrected chi connectivity index (χ4v) is 7.98. The lowest BCUT2D eigenvalue weighted by Gasteiger charge is -2.37. The van der Waals surface area contributed by atoms with Crippen LogP contribution in [0.25, 0.3) is 10.9 Å². The third kappa shape index (κ3) is 12.3. The summed E-state index contributed by atoms with van der Waals surface area (Å²) in [5.41, 5.74) is 7.36. The zero-order chi connectivity index (χ0) is 45.1. The largest absolute Gasteiger partial charge is 0.444 e. The van der Waals surface area contributed by atoms with Gasteiger partial charge in [-0.2, -0.15) is 0 Å². The molecule has 1 unspecified atom stereocenters. The van der Waals surface area contributed by atoms with Gasteiger partial charge in [0.2, 0.25) is 29.5 Å². The number of primary amides is 1. The van der Waals surface area contributed by atoms with E-state index in [1.54, 1.807) is 39.1 Å². The van der Waals surface area contributed by atoms with E-state index >= 15 is 0 Å². The molecule has 0 bridgehead atoms. The molecule has 1 aromatic heterocycles. The summed E-state index contributed by atoms with van der Waals surface area (Å²) in [5, 5.41) is 11.9. The second-order valence-corrected chi connectivity index (χ2v) is 17.7. The van der Waals surface area contributed by atoms with Crippen molar-refractivity contribution in [2.24, 2.45) is 11.7 Å². The molecule has 2 aliphatic rings. The topological polar surface area (TPSA) is 216 Å². The first-order valence-corrected chi connectivity index (χ1v) is 21.9. The molecular formula is C46H64N8O8. The van der Waals surface area contributed by atoms with E-state index < -0.39 is 77.3 Å². The molecule has 0 saturated carbocycles. The van der Waals surface area contributed by atoms with Gasteiger partial charge in [-0.25, -0.2) is 14.8 Å². The summed E-state index contributed by atoms with van der Waals surface area (Å²) in [7, 11) is 0. The van der Waals surface area contributed by atoms with Gasteiger partial charge in [-0.05, 0) is 76.0 Å². The highest BCUT2D eigenvalue weighted by atomic mass is 16.6. The maximum Gasteiger partial charge on any atom is 0.410 e. The lowest BCUT2D eigenvalue weighted by Crippen LogP contribution is -2.60. The zero-order valence-electron chi connectivity index (χ0n) is 36.9. The molecule has 336 valence electrons. The summed E-state index contributed by atoms with van der Waals surface area (Å²) in [6, 6.07) is 11.2. The summed E-state index contributed by atoms with van der Waals surface area (Å²) in [6.07, 6.45) is 4.61. The molecule has 3 heterocycles. The second kappa shape index (κ2) is 21.2. The van der Waals surface area contributed by atoms with Crippen LogP contribution < -0.4 is 21.7 Å². The number of aromatic amines is 1. The van der Waals surface area contributed by atoms with Crippen LogP contribution in [0.15, 0.2) is 60.8 Å². The Morgan fingerprint density at radius 2 is 1.60 bits per heavy atom. The van der Waals surface area contributed by atoms with Crippen molar-refractivity contribution < 1.29 is 38.3 Å². The van der Waals surface area contributed by atoms with Crippen molar-refractivity contribution in [3.63, 3.8) is 0 Å². The monoisotopic (exact) mass is 856 g/mol. The lowest BCUT2D eigenvalue weighted by atomic mass is 10.0. The third-order valence-corrected chi connectivity index (χ3v) is 11.2. The Labute approximate surface area is 364 Å². The minimum Gasteiger partial charge on any atom is -0.444 e. The van der Waals surface area contributed by atoms with Crippen molar-refractivity contribution in [3.8, 4) is 0 Å². The van der Waals surface area contributed by atoms with Gasteiger partial charge < -0.3 is 31.4 Å². The number of H-pyrrole nitrogens is 1. The van der Waals surface area contributed by atoms with Crippen molar-refractivity contribution in [2.75, 3.05) is 13.1 Å². The number of likely N-dealkylation sites (tertiary alicyclic amines) is 1. The van der Waals surface area contributed by atoms with Crippen molar-refractivity contribution in [3.05, 3.63) is 71.9 Å². The quantitative estimate of drug-likeness (QED) is 0.117. The van der Waals surface area contributed by atoms with Crippen LogP contribution in [0, 0.1) is 5.92 Å². The first kappa shape index (κ1) is 47.1. The SMILES string of the molecule is CCCCC(C(N)=O)N(C(=O)CCC(C)C)N1CC[C@@H](NC(=O)[C@H](Cc2ccccc2)NC(=O)[C@@H](Cc2c[nH]c3ccccc23)NC(=O)[C@H]2CCCN2C(=O)OC(C)(C)C)C1=O. The van der Waals surface area contributed by atoms with Gasteiger partial charge in [-0.15, -0.1) is 0 Å². The van der Waals surface area contributed by atoms with Gasteiger partial charge in [0.25, 0.3) is 5.91 Å². The fraction of sp³-hybridized carbons (Fsp3) is 0.543. The number of carbonyl (C=O) groups excluding carboxylic acids is 7. The van der Waals surface area contributed by atoms with Crippen molar-refractivity contribution in [2.45, 2.75) is 142 Å². The molecule has 7 amide bonds. The number of nitrogens with one attached hydrogen (secondary N) is 4. The standard InChI is InChI=1S/C46H64N8O8/c1-7-8-19-37(40(47)56)54(39(55)22-21-29(2)3)53-25-23-34(44(53)60)49-41(57)35(26-30-15-10-9-11-16-30)50-42(58)36(27-31-28-48-33-18-13-12-17-32(31)33)51-43(59)38-20-14-24-52(38)45(61)62-46(4,5)6/h9-13,15-18,28-29,34-38,48H,7-8,14,19-27H2,1-6H3,(H2,47,56)(H,49,57)(H,50,58)(H,51,59)/t34-,35+,36-,37?,38-/m1/s1. The predicted molar refractivity (Wildman–Crippen MR) is 234 cm³/mol. The van der Waals surface area contributed by atoms with Crippen molar-refractivity contribution in [1.29, 1.82) is 0 Å². The number of fused-ring (bicyclic) bond motifs is 1. The van der Waals surface area contributed by atoms with Gasteiger partial charge >= 0.3 is 6.09 Å². The summed E-state index contributed by atoms with van der Waals surface area (Å²) < 4.78 is 5.59. The number of hydrazine groups is 1. The number of ether oxygens (including phenoxy) is 1. The zero-order valence-corrected chi connectivity index (χ0v) is 36.9. The van der Waals surface area contributed by atoms with Crippen LogP contribution in [-0.2, 0) is 46.3 Å². The number of carbonyl (C=O) groups is 7. The number of nitrogens with zero attached hydrogens (tertiary/aromatic N) is 3. The molecule has 16 heteroatoms. The first-order chi connectivity index (χ1) is 29.5. The first-order valence-electron chi connectivity index (χ1n) is 21.9. The number of unbranched alkanes of at least 4 members (excludes halogenated alkanes) is 1. The van der Waals surface area contributed by atoms with Gasteiger partial charge in [0.05, 0.1) is 0 Å². The maximum absolute atomic E-state index is 14.5. The van der Waals surface area contributed by atoms with E-state index in [2.05, 4.69) is 20.9 Å². The fourth-order valence-electron chi connectivity index (χ4n) is 7.98. The van der Waals surface area contributed by atoms with Crippen LogP contribution in [0.2, 0.25) is 0 Å². The summed E-state index contributed by atoms with van der Waals surface area (Å²) in [4.78, 5) is 101. The number of hydrogen-bond acceptors (Lipinski definition) is 8. The summed E-state index contributed by atoms with van der Waals surface area (Å²) >= 11 is 0. The van der Waals surface area contributed by atoms with E-state index in [0.29, 0.717) is 32.2 Å². The Balaban J connectivity index is 1.39. The predicted octanol–water partition coefficient (Wildman–Crippen LogP) is 4.26. The van der Waals surface area contributed by atoms with Crippen molar-refractivity contribution in [1.82, 2.24) is 35.9 Å². The molecule has 5 rings (SSSR count). The van der Waals surface area contributed by atoms with E-state index in [1.165, 1.54) is 14.9 Å². The normalized spacial score (nSPS) is 18.0. The Kier molecular flexibility index (Phi) is 16.1. The minimum atomic E-state index is -1.20. The molecule has 0 spiro atoms. The lowest BCUT2D eigenvalue weighted by molar-refractivity contribution is -0.169. The van der Waals surface area contributed by atoms with Crippen LogP contribution in [0.5, 0.6) is 0 Å². The van der Waals surface area contributed by atoms with E-state index in [-0.39, 0.29) is 44.6 Å². The van der Waals surface area contributed by atoms with Gasteiger partial charge in [-0.3, -0.25) is 33.7 Å². The molecule has 3 aromatic rings. The van der Waals surface area contributed by atoms with E-state index in [4.69, 9.17) is 10.5 Å². The summed E-state index contributed by atoms with van der Waals surface area (Å²) in [6.45, 7) is 11.5. The average Bonchev–Trinajstić information content (AvgIpc) is 3.97. The number of rotatable bonds is 19. The number of aromatic nitrogens is 1. The Bertz CT molecular complexity index is 2060. The van der Waals surface area contributed by atoms with Gasteiger partial charge in [0.1, 0.15) is 35.8 Å². The van der Waals surface area contributed by atoms with E-state index in [0.717, 1.165) is 28.5 Å². The molecule has 16 nitrogen and oxygen atoms in total.